The largest absolute Gasteiger partial charge is 0.318 e. The summed E-state index contributed by atoms with van der Waals surface area (Å²) in [6.45, 7) is 0.981. The molecule has 1 amide bonds. The van der Waals surface area contributed by atoms with Gasteiger partial charge in [0.1, 0.15) is 12.4 Å². The van der Waals surface area contributed by atoms with Crippen molar-refractivity contribution in [1.29, 1.82) is 0 Å². The highest BCUT2D eigenvalue weighted by Crippen LogP contribution is 2.36. The van der Waals surface area contributed by atoms with Gasteiger partial charge in [0.2, 0.25) is 5.91 Å². The van der Waals surface area contributed by atoms with E-state index < -0.39 is 0 Å². The highest BCUT2D eigenvalue weighted by Gasteiger charge is 2.24. The Kier molecular flexibility index (Phi) is 5.16. The molecular formula is C19H18ClN3OS2. The highest BCUT2D eigenvalue weighted by molar-refractivity contribution is 7.99. The van der Waals surface area contributed by atoms with Crippen LogP contribution in [0.15, 0.2) is 47.4 Å². The molecule has 0 aliphatic carbocycles. The first-order chi connectivity index (χ1) is 12.7. The molecule has 0 saturated heterocycles. The predicted molar refractivity (Wildman–Crippen MR) is 111 cm³/mol. The number of rotatable bonds is 4. The minimum atomic E-state index is 0.0688. The van der Waals surface area contributed by atoms with Gasteiger partial charge in [0, 0.05) is 22.2 Å². The SMILES string of the molecule is CSCc1nc2ccccc2n1CC(=O)N1CCSc2ccc(Cl)cc21. The summed E-state index contributed by atoms with van der Waals surface area (Å²) in [5, 5.41) is 0.653. The van der Waals surface area contributed by atoms with Gasteiger partial charge in [-0.2, -0.15) is 11.8 Å². The molecule has 2 heterocycles. The van der Waals surface area contributed by atoms with Crippen molar-refractivity contribution in [3.63, 3.8) is 0 Å². The average molecular weight is 404 g/mol. The fourth-order valence-corrected chi connectivity index (χ4v) is 4.83. The van der Waals surface area contributed by atoms with Crippen molar-refractivity contribution in [3.8, 4) is 0 Å². The summed E-state index contributed by atoms with van der Waals surface area (Å²) in [5.74, 6) is 2.67. The highest BCUT2D eigenvalue weighted by atomic mass is 35.5. The number of carbonyl (C=O) groups excluding carboxylic acids is 1. The zero-order valence-electron chi connectivity index (χ0n) is 14.3. The summed E-state index contributed by atoms with van der Waals surface area (Å²) in [6.07, 6.45) is 2.05. The third kappa shape index (κ3) is 3.33. The fourth-order valence-electron chi connectivity index (χ4n) is 3.21. The van der Waals surface area contributed by atoms with E-state index in [9.17, 15) is 4.79 Å². The van der Waals surface area contributed by atoms with E-state index in [0.29, 0.717) is 11.6 Å². The van der Waals surface area contributed by atoms with E-state index in [0.717, 1.165) is 38.9 Å². The molecule has 134 valence electrons. The Hall–Kier alpha value is -1.63. The normalized spacial score (nSPS) is 13.8. The Morgan fingerprint density at radius 2 is 2.15 bits per heavy atom. The van der Waals surface area contributed by atoms with Crippen LogP contribution in [0.4, 0.5) is 5.69 Å². The molecule has 2 aromatic carbocycles. The van der Waals surface area contributed by atoms with Gasteiger partial charge >= 0.3 is 0 Å². The minimum absolute atomic E-state index is 0.0688. The summed E-state index contributed by atoms with van der Waals surface area (Å²) < 4.78 is 2.04. The smallest absolute Gasteiger partial charge is 0.247 e. The standard InChI is InChI=1S/C19H18ClN3OS2/c1-25-12-18-21-14-4-2-3-5-15(14)23(18)11-19(24)22-8-9-26-17-7-6-13(20)10-16(17)22/h2-7,10H,8-9,11-12H2,1H3. The Labute approximate surface area is 165 Å². The van der Waals surface area contributed by atoms with Crippen LogP contribution in [0, 0.1) is 0 Å². The lowest BCUT2D eigenvalue weighted by Crippen LogP contribution is -2.38. The summed E-state index contributed by atoms with van der Waals surface area (Å²) in [5.41, 5.74) is 2.85. The van der Waals surface area contributed by atoms with Gasteiger partial charge in [-0.25, -0.2) is 4.98 Å². The number of thioether (sulfide) groups is 2. The lowest BCUT2D eigenvalue weighted by Gasteiger charge is -2.29. The molecule has 7 heteroatoms. The first kappa shape index (κ1) is 17.8. The minimum Gasteiger partial charge on any atom is -0.318 e. The predicted octanol–water partition coefficient (Wildman–Crippen LogP) is 4.69. The van der Waals surface area contributed by atoms with Crippen LogP contribution in [0.3, 0.4) is 0 Å². The van der Waals surface area contributed by atoms with Crippen LogP contribution in [-0.4, -0.2) is 34.0 Å². The monoisotopic (exact) mass is 403 g/mol. The first-order valence-electron chi connectivity index (χ1n) is 8.33. The molecule has 0 saturated carbocycles. The van der Waals surface area contributed by atoms with Gasteiger partial charge in [0.15, 0.2) is 0 Å². The van der Waals surface area contributed by atoms with E-state index in [1.54, 1.807) is 23.5 Å². The molecule has 0 spiro atoms. The molecule has 0 bridgehead atoms. The van der Waals surface area contributed by atoms with E-state index in [4.69, 9.17) is 16.6 Å². The summed E-state index contributed by atoms with van der Waals surface area (Å²) in [6, 6.07) is 13.7. The number of aromatic nitrogens is 2. The van der Waals surface area contributed by atoms with Crippen molar-refractivity contribution in [3.05, 3.63) is 53.3 Å². The molecule has 4 rings (SSSR count). The molecule has 0 unspecified atom stereocenters. The van der Waals surface area contributed by atoms with Crippen LogP contribution in [0.2, 0.25) is 5.02 Å². The second-order valence-corrected chi connectivity index (χ2v) is 8.48. The van der Waals surface area contributed by atoms with E-state index >= 15 is 0 Å². The maximum absolute atomic E-state index is 13.2. The molecule has 1 aromatic heterocycles. The molecule has 0 N–H and O–H groups in total. The molecule has 0 radical (unpaired) electrons. The Morgan fingerprint density at radius 1 is 1.31 bits per heavy atom. The van der Waals surface area contributed by atoms with Gasteiger partial charge in [0.25, 0.3) is 0 Å². The van der Waals surface area contributed by atoms with Gasteiger partial charge in [0.05, 0.1) is 22.5 Å². The van der Waals surface area contributed by atoms with Crippen molar-refractivity contribution in [2.24, 2.45) is 0 Å². The van der Waals surface area contributed by atoms with Crippen LogP contribution >= 0.6 is 35.1 Å². The number of imidazole rings is 1. The van der Waals surface area contributed by atoms with Crippen LogP contribution in [0.25, 0.3) is 11.0 Å². The number of hydrogen-bond acceptors (Lipinski definition) is 4. The third-order valence-electron chi connectivity index (χ3n) is 4.39. The van der Waals surface area contributed by atoms with E-state index in [2.05, 4.69) is 0 Å². The number of fused-ring (bicyclic) bond motifs is 2. The number of amides is 1. The van der Waals surface area contributed by atoms with Crippen molar-refractivity contribution in [2.75, 3.05) is 23.5 Å². The number of halogens is 1. The third-order valence-corrected chi connectivity index (χ3v) is 6.21. The number of carbonyl (C=O) groups is 1. The molecule has 0 atom stereocenters. The second-order valence-electron chi connectivity index (χ2n) is 6.04. The van der Waals surface area contributed by atoms with Gasteiger partial charge in [-0.05, 0) is 36.6 Å². The summed E-state index contributed by atoms with van der Waals surface area (Å²) >= 11 is 9.64. The zero-order chi connectivity index (χ0) is 18.1. The van der Waals surface area contributed by atoms with Gasteiger partial charge in [-0.3, -0.25) is 4.79 Å². The number of para-hydroxylation sites is 2. The molecular weight excluding hydrogens is 386 g/mol. The summed E-state index contributed by atoms with van der Waals surface area (Å²) in [7, 11) is 0. The molecule has 3 aromatic rings. The Balaban J connectivity index is 1.69. The Bertz CT molecular complexity index is 973. The number of nitrogens with zero attached hydrogens (tertiary/aromatic N) is 3. The first-order valence-corrected chi connectivity index (χ1v) is 11.1. The van der Waals surface area contributed by atoms with Crippen molar-refractivity contribution >= 4 is 57.8 Å². The number of benzene rings is 2. The summed E-state index contributed by atoms with van der Waals surface area (Å²) in [4.78, 5) is 20.8. The maximum Gasteiger partial charge on any atom is 0.247 e. The van der Waals surface area contributed by atoms with Crippen LogP contribution < -0.4 is 4.90 Å². The maximum atomic E-state index is 13.2. The number of hydrogen-bond donors (Lipinski definition) is 0. The fraction of sp³-hybridized carbons (Fsp3) is 0.263. The number of anilines is 1. The van der Waals surface area contributed by atoms with E-state index in [-0.39, 0.29) is 12.5 Å². The lowest BCUT2D eigenvalue weighted by molar-refractivity contribution is -0.119. The zero-order valence-corrected chi connectivity index (χ0v) is 16.7. The van der Waals surface area contributed by atoms with E-state index in [1.807, 2.05) is 58.2 Å². The Morgan fingerprint density at radius 3 is 3.00 bits per heavy atom. The van der Waals surface area contributed by atoms with Gasteiger partial charge in [-0.15, -0.1) is 11.8 Å². The molecule has 1 aliphatic rings. The van der Waals surface area contributed by atoms with Crippen molar-refractivity contribution < 1.29 is 4.79 Å². The van der Waals surface area contributed by atoms with Crippen molar-refractivity contribution in [2.45, 2.75) is 17.2 Å². The molecule has 4 nitrogen and oxygen atoms in total. The average Bonchev–Trinajstić information content (AvgIpc) is 2.99. The topological polar surface area (TPSA) is 38.1 Å². The molecule has 26 heavy (non-hydrogen) atoms. The lowest BCUT2D eigenvalue weighted by atomic mass is 10.2. The second kappa shape index (κ2) is 7.55. The van der Waals surface area contributed by atoms with E-state index in [1.165, 1.54) is 0 Å². The van der Waals surface area contributed by atoms with Crippen molar-refractivity contribution in [1.82, 2.24) is 9.55 Å². The van der Waals surface area contributed by atoms with Crippen LogP contribution in [0.5, 0.6) is 0 Å². The molecule has 0 fully saturated rings. The van der Waals surface area contributed by atoms with Gasteiger partial charge < -0.3 is 9.47 Å². The van der Waals surface area contributed by atoms with Crippen LogP contribution in [-0.2, 0) is 17.1 Å². The molecule has 1 aliphatic heterocycles. The van der Waals surface area contributed by atoms with Gasteiger partial charge in [-0.1, -0.05) is 23.7 Å². The van der Waals surface area contributed by atoms with Crippen LogP contribution in [0.1, 0.15) is 5.82 Å². The quantitative estimate of drug-likeness (QED) is 0.633.